The Morgan fingerprint density at radius 2 is 1.82 bits per heavy atom. The number of nitrogens with zero attached hydrogens (tertiary/aromatic N) is 5. The molecular weight excluding hydrogens is 593 g/mol. The van der Waals surface area contributed by atoms with Crippen LogP contribution in [0, 0.1) is 17.2 Å². The molecule has 2 aromatic heterocycles. The van der Waals surface area contributed by atoms with E-state index in [0.29, 0.717) is 18.5 Å². The molecule has 0 bridgehead atoms. The number of Topliss-reactive ketones (excluding diaryl/α,β-unsaturated/α-hetero) is 1. The first-order valence-corrected chi connectivity index (χ1v) is 14.6. The van der Waals surface area contributed by atoms with Gasteiger partial charge in [0, 0.05) is 36.8 Å². The first kappa shape index (κ1) is 30.1. The number of halogens is 3. The van der Waals surface area contributed by atoms with E-state index in [1.165, 1.54) is 24.1 Å². The lowest BCUT2D eigenvalue weighted by Crippen LogP contribution is -2.43. The maximum absolute atomic E-state index is 13.7. The lowest BCUT2D eigenvalue weighted by atomic mass is 10.0. The Kier molecular flexibility index (Phi) is 7.72. The zero-order valence-electron chi connectivity index (χ0n) is 24.2. The van der Waals surface area contributed by atoms with Crippen molar-refractivity contribution in [1.82, 2.24) is 19.4 Å². The number of ether oxygens (including phenoxy) is 1. The Hall–Kier alpha value is -4.93. The van der Waals surface area contributed by atoms with Crippen LogP contribution >= 0.6 is 0 Å². The van der Waals surface area contributed by atoms with Gasteiger partial charge in [-0.25, -0.2) is 0 Å². The number of hydrogen-bond donors (Lipinski definition) is 1. The van der Waals surface area contributed by atoms with E-state index in [1.54, 1.807) is 30.3 Å². The number of anilines is 1. The Labute approximate surface area is 255 Å². The molecule has 2 unspecified atom stereocenters. The summed E-state index contributed by atoms with van der Waals surface area (Å²) in [5, 5.41) is 16.8. The van der Waals surface area contributed by atoms with E-state index in [-0.39, 0.29) is 53.5 Å². The highest BCUT2D eigenvalue weighted by Crippen LogP contribution is 2.44. The van der Waals surface area contributed by atoms with Crippen molar-refractivity contribution in [3.8, 4) is 11.9 Å². The quantitative estimate of drug-likeness (QED) is 0.357. The summed E-state index contributed by atoms with van der Waals surface area (Å²) in [6.45, 7) is -0.485. The van der Waals surface area contributed by atoms with E-state index in [1.807, 2.05) is 6.07 Å². The minimum atomic E-state index is -5.16. The number of benzene rings is 1. The molecule has 0 spiro atoms. The van der Waals surface area contributed by atoms with Gasteiger partial charge < -0.3 is 19.9 Å². The third-order valence-corrected chi connectivity index (χ3v) is 8.14. The summed E-state index contributed by atoms with van der Waals surface area (Å²) in [7, 11) is 1.34. The number of likely N-dealkylation sites (N-methyl/N-ethyl adjacent to an activating group) is 1. The largest absolute Gasteiger partial charge is 0.474 e. The highest BCUT2D eigenvalue weighted by Gasteiger charge is 2.45. The minimum absolute atomic E-state index is 0.0218. The van der Waals surface area contributed by atoms with Gasteiger partial charge >= 0.3 is 6.18 Å². The van der Waals surface area contributed by atoms with Crippen LogP contribution in [0.15, 0.2) is 42.5 Å². The molecule has 2 atom stereocenters. The van der Waals surface area contributed by atoms with Crippen molar-refractivity contribution in [3.63, 3.8) is 0 Å². The van der Waals surface area contributed by atoms with Gasteiger partial charge in [0.05, 0.1) is 35.3 Å². The van der Waals surface area contributed by atoms with Crippen LogP contribution in [-0.2, 0) is 9.59 Å². The first-order valence-electron chi connectivity index (χ1n) is 14.6. The summed E-state index contributed by atoms with van der Waals surface area (Å²) < 4.78 is 48.1. The van der Waals surface area contributed by atoms with Gasteiger partial charge in [-0.1, -0.05) is 18.2 Å². The standard InChI is InChI=1S/C31H29F3N6O5/c1-38(16-24(41)39-15-19(11-21(39)14-35)29(43)36-20-5-3-2-4-6-20)30(44)18-12-23-26(28(42)31(32,33)34)27(17-7-8-17)37-40(23)25(13-18)45-22-9-10-22/h2-6,12-13,17,19,21-22H,7-11,15-16H2,1H3,(H,36,43). The zero-order valence-corrected chi connectivity index (χ0v) is 24.2. The molecule has 45 heavy (non-hydrogen) atoms. The Bertz CT molecular complexity index is 1730. The average molecular weight is 623 g/mol. The number of carbonyl (C=O) groups excluding carboxylic acids is 4. The van der Waals surface area contributed by atoms with Gasteiger partial charge in [-0.3, -0.25) is 19.2 Å². The van der Waals surface area contributed by atoms with Crippen LogP contribution in [0.5, 0.6) is 5.88 Å². The molecule has 1 N–H and O–H groups in total. The fourth-order valence-corrected chi connectivity index (χ4v) is 5.49. The highest BCUT2D eigenvalue weighted by molar-refractivity contribution is 6.08. The van der Waals surface area contributed by atoms with Gasteiger partial charge in [-0.05, 0) is 50.3 Å². The summed E-state index contributed by atoms with van der Waals surface area (Å²) in [6.07, 6.45) is -2.61. The van der Waals surface area contributed by atoms with Gasteiger partial charge in [0.25, 0.3) is 11.7 Å². The molecule has 3 aromatic rings. The fourth-order valence-electron chi connectivity index (χ4n) is 5.49. The van der Waals surface area contributed by atoms with Crippen molar-refractivity contribution < 1.29 is 37.1 Å². The van der Waals surface area contributed by atoms with Crippen LogP contribution in [0.25, 0.3) is 5.52 Å². The molecule has 0 radical (unpaired) electrons. The number of para-hydroxylation sites is 1. The smallest absolute Gasteiger partial charge is 0.455 e. The molecule has 1 saturated heterocycles. The number of pyridine rings is 1. The van der Waals surface area contributed by atoms with E-state index in [2.05, 4.69) is 10.4 Å². The van der Waals surface area contributed by atoms with Crippen molar-refractivity contribution >= 4 is 34.7 Å². The van der Waals surface area contributed by atoms with Crippen LogP contribution in [0.4, 0.5) is 18.9 Å². The van der Waals surface area contributed by atoms with Gasteiger partial charge in [-0.15, -0.1) is 0 Å². The third-order valence-electron chi connectivity index (χ3n) is 8.14. The molecule has 3 heterocycles. The third kappa shape index (κ3) is 6.20. The number of hydrogen-bond acceptors (Lipinski definition) is 7. The Balaban J connectivity index is 1.23. The topological polar surface area (TPSA) is 137 Å². The van der Waals surface area contributed by atoms with Crippen molar-refractivity contribution in [3.05, 3.63) is 59.3 Å². The molecule has 1 aromatic carbocycles. The predicted octanol–water partition coefficient (Wildman–Crippen LogP) is 3.95. The van der Waals surface area contributed by atoms with Crippen molar-refractivity contribution in [2.24, 2.45) is 5.92 Å². The zero-order chi connectivity index (χ0) is 32.0. The number of nitriles is 1. The van der Waals surface area contributed by atoms with E-state index in [0.717, 1.165) is 22.3 Å². The number of alkyl halides is 3. The van der Waals surface area contributed by atoms with Gasteiger partial charge in [0.15, 0.2) is 0 Å². The normalized spacial score (nSPS) is 19.7. The average Bonchev–Trinajstić information content (AvgIpc) is 3.94. The highest BCUT2D eigenvalue weighted by atomic mass is 19.4. The summed E-state index contributed by atoms with van der Waals surface area (Å²) in [5.41, 5.74) is -0.293. The number of carbonyl (C=O) groups is 4. The number of fused-ring (bicyclic) bond motifs is 1. The van der Waals surface area contributed by atoms with Crippen molar-refractivity contribution in [2.75, 3.05) is 25.5 Å². The van der Waals surface area contributed by atoms with E-state index in [9.17, 15) is 37.6 Å². The molecule has 6 rings (SSSR count). The molecule has 234 valence electrons. The molecule has 3 fully saturated rings. The summed E-state index contributed by atoms with van der Waals surface area (Å²) in [6, 6.07) is 12.4. The Morgan fingerprint density at radius 1 is 1.11 bits per heavy atom. The maximum atomic E-state index is 13.7. The van der Waals surface area contributed by atoms with Gasteiger partial charge in [0.1, 0.15) is 12.1 Å². The van der Waals surface area contributed by atoms with Crippen LogP contribution in [0.3, 0.4) is 0 Å². The molecule has 3 amide bonds. The van der Waals surface area contributed by atoms with E-state index < -0.39 is 47.8 Å². The van der Waals surface area contributed by atoms with Crippen LogP contribution in [0.1, 0.15) is 64.4 Å². The fraction of sp³-hybridized carbons (Fsp3) is 0.419. The second-order valence-corrected chi connectivity index (χ2v) is 11.7. The lowest BCUT2D eigenvalue weighted by Gasteiger charge is -2.24. The molecule has 11 nitrogen and oxygen atoms in total. The van der Waals surface area contributed by atoms with Gasteiger partial charge in [0.2, 0.25) is 17.7 Å². The Morgan fingerprint density at radius 3 is 2.44 bits per heavy atom. The summed E-state index contributed by atoms with van der Waals surface area (Å²) in [5.74, 6) is -4.59. The van der Waals surface area contributed by atoms with Crippen molar-refractivity contribution in [1.29, 1.82) is 5.26 Å². The summed E-state index contributed by atoms with van der Waals surface area (Å²) in [4.78, 5) is 54.6. The van der Waals surface area contributed by atoms with Crippen molar-refractivity contribution in [2.45, 2.75) is 56.3 Å². The number of aromatic nitrogens is 2. The maximum Gasteiger partial charge on any atom is 0.455 e. The second-order valence-electron chi connectivity index (χ2n) is 11.7. The van der Waals surface area contributed by atoms with Crippen LogP contribution in [0.2, 0.25) is 0 Å². The molecule has 1 aliphatic heterocycles. The van der Waals surface area contributed by atoms with E-state index in [4.69, 9.17) is 4.74 Å². The number of ketones is 1. The van der Waals surface area contributed by atoms with Crippen LogP contribution < -0.4 is 10.1 Å². The predicted molar refractivity (Wildman–Crippen MR) is 152 cm³/mol. The first-order chi connectivity index (χ1) is 21.4. The molecule has 3 aliphatic rings. The number of amides is 3. The molecular formula is C31H29F3N6O5. The minimum Gasteiger partial charge on any atom is -0.474 e. The molecule has 2 aliphatic carbocycles. The molecule has 14 heteroatoms. The van der Waals surface area contributed by atoms with Crippen LogP contribution in [-0.4, -0.2) is 81.4 Å². The summed E-state index contributed by atoms with van der Waals surface area (Å²) >= 11 is 0. The van der Waals surface area contributed by atoms with Gasteiger partial charge in [-0.2, -0.15) is 28.0 Å². The SMILES string of the molecule is CN(CC(=O)N1CC(C(=O)Nc2ccccc2)CC1C#N)C(=O)c1cc(OC2CC2)n2nc(C3CC3)c(C(=O)C(F)(F)F)c2c1. The number of likely N-dealkylation sites (tertiary alicyclic amines) is 1. The monoisotopic (exact) mass is 622 g/mol. The lowest BCUT2D eigenvalue weighted by molar-refractivity contribution is -0.131. The molecule has 2 saturated carbocycles. The second kappa shape index (κ2) is 11.5. The number of nitrogens with one attached hydrogen (secondary N) is 1. The number of rotatable bonds is 9. The van der Waals surface area contributed by atoms with E-state index >= 15 is 0 Å².